The minimum absolute atomic E-state index is 0.394. The Kier molecular flexibility index (Phi) is 5.19. The van der Waals surface area contributed by atoms with Gasteiger partial charge in [0.1, 0.15) is 12.4 Å². The summed E-state index contributed by atoms with van der Waals surface area (Å²) in [5.74, 6) is 0.489. The second kappa shape index (κ2) is 6.43. The van der Waals surface area contributed by atoms with E-state index in [1.54, 1.807) is 18.2 Å². The fourth-order valence-electron chi connectivity index (χ4n) is 1.23. The molecule has 0 spiro atoms. The van der Waals surface area contributed by atoms with Crippen molar-refractivity contribution in [2.45, 2.75) is 32.9 Å². The summed E-state index contributed by atoms with van der Waals surface area (Å²) in [6.07, 6.45) is -2.43. The van der Waals surface area contributed by atoms with Gasteiger partial charge in [0.2, 0.25) is 0 Å². The van der Waals surface area contributed by atoms with E-state index in [0.717, 1.165) is 5.56 Å². The first-order chi connectivity index (χ1) is 7.58. The average molecular weight is 229 g/mol. The van der Waals surface area contributed by atoms with Gasteiger partial charge < -0.3 is 10.1 Å². The van der Waals surface area contributed by atoms with Crippen LogP contribution in [0, 0.1) is 0 Å². The third kappa shape index (κ3) is 5.07. The van der Waals surface area contributed by atoms with E-state index in [9.17, 15) is 8.78 Å². The zero-order valence-electron chi connectivity index (χ0n) is 9.54. The van der Waals surface area contributed by atoms with Gasteiger partial charge in [0.15, 0.2) is 0 Å². The van der Waals surface area contributed by atoms with Crippen LogP contribution in [-0.4, -0.2) is 19.1 Å². The lowest BCUT2D eigenvalue weighted by Crippen LogP contribution is -2.21. The maximum absolute atomic E-state index is 11.9. The summed E-state index contributed by atoms with van der Waals surface area (Å²) in [6.45, 7) is 4.26. The summed E-state index contributed by atoms with van der Waals surface area (Å²) in [7, 11) is 0. The number of ether oxygens (including phenoxy) is 1. The number of benzene rings is 1. The fourth-order valence-corrected chi connectivity index (χ4v) is 1.23. The molecule has 0 aliphatic heterocycles. The van der Waals surface area contributed by atoms with Crippen LogP contribution < -0.4 is 10.1 Å². The van der Waals surface area contributed by atoms with Crippen LogP contribution in [0.25, 0.3) is 0 Å². The molecule has 2 nitrogen and oxygen atoms in total. The molecule has 0 aromatic heterocycles. The standard InChI is InChI=1S/C12H17F2NO/c1-9(2)15-7-10-4-3-5-11(6-10)16-8-12(13)14/h3-6,9,12,15H,7-8H2,1-2H3. The molecule has 0 saturated carbocycles. The predicted molar refractivity (Wildman–Crippen MR) is 59.9 cm³/mol. The summed E-state index contributed by atoms with van der Waals surface area (Å²) < 4.78 is 28.8. The predicted octanol–water partition coefficient (Wildman–Crippen LogP) is 2.83. The zero-order chi connectivity index (χ0) is 12.0. The molecule has 1 N–H and O–H groups in total. The van der Waals surface area contributed by atoms with Crippen LogP contribution in [0.3, 0.4) is 0 Å². The van der Waals surface area contributed by atoms with Gasteiger partial charge in [-0.1, -0.05) is 26.0 Å². The molecule has 0 amide bonds. The molecule has 0 bridgehead atoms. The van der Waals surface area contributed by atoms with Crippen LogP contribution in [0.2, 0.25) is 0 Å². The number of hydrogen-bond acceptors (Lipinski definition) is 2. The second-order valence-corrected chi connectivity index (χ2v) is 3.89. The average Bonchev–Trinajstić information content (AvgIpc) is 2.24. The maximum Gasteiger partial charge on any atom is 0.272 e. The van der Waals surface area contributed by atoms with Crippen molar-refractivity contribution in [3.63, 3.8) is 0 Å². The van der Waals surface area contributed by atoms with Crippen LogP contribution in [0.1, 0.15) is 19.4 Å². The van der Waals surface area contributed by atoms with E-state index in [2.05, 4.69) is 19.2 Å². The van der Waals surface area contributed by atoms with Crippen molar-refractivity contribution >= 4 is 0 Å². The Morgan fingerprint density at radius 2 is 2.06 bits per heavy atom. The summed E-state index contributed by atoms with van der Waals surface area (Å²) in [6, 6.07) is 7.59. The summed E-state index contributed by atoms with van der Waals surface area (Å²) in [5, 5.41) is 3.25. The molecule has 0 atom stereocenters. The van der Waals surface area contributed by atoms with E-state index in [4.69, 9.17) is 4.74 Å². The summed E-state index contributed by atoms with van der Waals surface area (Å²) in [4.78, 5) is 0. The number of halogens is 2. The highest BCUT2D eigenvalue weighted by atomic mass is 19.3. The van der Waals surface area contributed by atoms with Crippen molar-refractivity contribution in [2.75, 3.05) is 6.61 Å². The Morgan fingerprint density at radius 3 is 2.69 bits per heavy atom. The van der Waals surface area contributed by atoms with Crippen LogP contribution in [-0.2, 0) is 6.54 Å². The molecule has 0 saturated heterocycles. The molecule has 0 aliphatic carbocycles. The molecule has 1 aromatic carbocycles. The smallest absolute Gasteiger partial charge is 0.272 e. The maximum atomic E-state index is 11.9. The third-order valence-corrected chi connectivity index (χ3v) is 1.99. The first-order valence-corrected chi connectivity index (χ1v) is 5.31. The molecular formula is C12H17F2NO. The number of nitrogens with one attached hydrogen (secondary N) is 1. The van der Waals surface area contributed by atoms with E-state index >= 15 is 0 Å². The van der Waals surface area contributed by atoms with Gasteiger partial charge in [-0.3, -0.25) is 0 Å². The second-order valence-electron chi connectivity index (χ2n) is 3.89. The molecule has 0 radical (unpaired) electrons. The highest BCUT2D eigenvalue weighted by molar-refractivity contribution is 5.28. The minimum atomic E-state index is -2.43. The van der Waals surface area contributed by atoms with Gasteiger partial charge in [-0.15, -0.1) is 0 Å². The van der Waals surface area contributed by atoms with Crippen molar-refractivity contribution in [2.24, 2.45) is 0 Å². The SMILES string of the molecule is CC(C)NCc1cccc(OCC(F)F)c1. The van der Waals surface area contributed by atoms with E-state index in [1.165, 1.54) is 0 Å². The van der Waals surface area contributed by atoms with Crippen LogP contribution >= 0.6 is 0 Å². The normalized spacial score (nSPS) is 11.1. The lowest BCUT2D eigenvalue weighted by molar-refractivity contribution is 0.0818. The van der Waals surface area contributed by atoms with Crippen molar-refractivity contribution in [3.8, 4) is 5.75 Å². The van der Waals surface area contributed by atoms with E-state index in [0.29, 0.717) is 18.3 Å². The Morgan fingerprint density at radius 1 is 1.31 bits per heavy atom. The quantitative estimate of drug-likeness (QED) is 0.809. The van der Waals surface area contributed by atoms with Gasteiger partial charge >= 0.3 is 0 Å². The van der Waals surface area contributed by atoms with Crippen LogP contribution in [0.15, 0.2) is 24.3 Å². The van der Waals surface area contributed by atoms with Gasteiger partial charge in [0.05, 0.1) is 0 Å². The van der Waals surface area contributed by atoms with E-state index < -0.39 is 13.0 Å². The first kappa shape index (κ1) is 12.9. The molecule has 16 heavy (non-hydrogen) atoms. The largest absolute Gasteiger partial charge is 0.488 e. The molecule has 0 unspecified atom stereocenters. The Hall–Kier alpha value is -1.16. The monoisotopic (exact) mass is 229 g/mol. The molecular weight excluding hydrogens is 212 g/mol. The Balaban J connectivity index is 2.50. The Labute approximate surface area is 94.6 Å². The third-order valence-electron chi connectivity index (χ3n) is 1.99. The van der Waals surface area contributed by atoms with Gasteiger partial charge in [-0.2, -0.15) is 0 Å². The van der Waals surface area contributed by atoms with Crippen molar-refractivity contribution < 1.29 is 13.5 Å². The number of rotatable bonds is 6. The fraction of sp³-hybridized carbons (Fsp3) is 0.500. The van der Waals surface area contributed by atoms with Crippen LogP contribution in [0.4, 0.5) is 8.78 Å². The first-order valence-electron chi connectivity index (χ1n) is 5.31. The molecule has 4 heteroatoms. The van der Waals surface area contributed by atoms with Gasteiger partial charge in [0.25, 0.3) is 6.43 Å². The Bertz CT molecular complexity index is 288. The van der Waals surface area contributed by atoms with Gasteiger partial charge in [-0.05, 0) is 17.7 Å². The highest BCUT2D eigenvalue weighted by Gasteiger charge is 2.04. The lowest BCUT2D eigenvalue weighted by Gasteiger charge is -2.10. The van der Waals surface area contributed by atoms with Crippen molar-refractivity contribution in [1.29, 1.82) is 0 Å². The van der Waals surface area contributed by atoms with E-state index in [-0.39, 0.29) is 0 Å². The number of hydrogen-bond donors (Lipinski definition) is 1. The lowest BCUT2D eigenvalue weighted by atomic mass is 10.2. The zero-order valence-corrected chi connectivity index (χ0v) is 9.54. The molecule has 0 aliphatic rings. The van der Waals surface area contributed by atoms with Gasteiger partial charge in [-0.25, -0.2) is 8.78 Å². The van der Waals surface area contributed by atoms with Crippen molar-refractivity contribution in [1.82, 2.24) is 5.32 Å². The molecule has 0 fully saturated rings. The molecule has 1 rings (SSSR count). The number of alkyl halides is 2. The van der Waals surface area contributed by atoms with Crippen molar-refractivity contribution in [3.05, 3.63) is 29.8 Å². The summed E-state index contributed by atoms with van der Waals surface area (Å²) >= 11 is 0. The topological polar surface area (TPSA) is 21.3 Å². The molecule has 90 valence electrons. The minimum Gasteiger partial charge on any atom is -0.488 e. The highest BCUT2D eigenvalue weighted by Crippen LogP contribution is 2.14. The van der Waals surface area contributed by atoms with Crippen LogP contribution in [0.5, 0.6) is 5.75 Å². The van der Waals surface area contributed by atoms with E-state index in [1.807, 2.05) is 6.07 Å². The van der Waals surface area contributed by atoms with Gasteiger partial charge in [0, 0.05) is 12.6 Å². The summed E-state index contributed by atoms with van der Waals surface area (Å²) in [5.41, 5.74) is 1.03. The molecule has 0 heterocycles. The molecule has 1 aromatic rings.